The number of aliphatic carboxylic acids is 1. The minimum absolute atomic E-state index is 0.273. The molecule has 0 saturated heterocycles. The zero-order chi connectivity index (χ0) is 11.5. The second-order valence-electron chi connectivity index (χ2n) is 3.59. The molecule has 1 atom stereocenters. The van der Waals surface area contributed by atoms with Gasteiger partial charge in [0.2, 0.25) is 0 Å². The lowest BCUT2D eigenvalue weighted by molar-refractivity contribution is -0.137. The van der Waals surface area contributed by atoms with Crippen LogP contribution >= 0.6 is 0 Å². The first-order valence-electron chi connectivity index (χ1n) is 5.35. The topological polar surface area (TPSA) is 66.4 Å². The Hall–Kier alpha value is -0.420. The molecule has 1 unspecified atom stereocenters. The number of carboxylic acids is 1. The van der Waals surface area contributed by atoms with Gasteiger partial charge in [0.1, 0.15) is 0 Å². The molecule has 90 valence electrons. The molecule has 4 nitrogen and oxygen atoms in total. The second-order valence-corrected chi connectivity index (χ2v) is 5.14. The van der Waals surface area contributed by atoms with E-state index >= 15 is 0 Å². The normalized spacial score (nSPS) is 12.6. The third-order valence-corrected chi connectivity index (χ3v) is 2.89. The zero-order valence-corrected chi connectivity index (χ0v) is 10.1. The van der Waals surface area contributed by atoms with Gasteiger partial charge in [0.15, 0.2) is 0 Å². The highest BCUT2D eigenvalue weighted by Gasteiger charge is 1.96. The molecular weight excluding hydrogens is 214 g/mol. The Morgan fingerprint density at radius 1 is 1.20 bits per heavy atom. The summed E-state index contributed by atoms with van der Waals surface area (Å²) in [6.07, 6.45) is 5.66. The van der Waals surface area contributed by atoms with E-state index in [4.69, 9.17) is 5.11 Å². The molecule has 0 fully saturated rings. The van der Waals surface area contributed by atoms with Gasteiger partial charge >= 0.3 is 5.97 Å². The summed E-state index contributed by atoms with van der Waals surface area (Å²) >= 11 is 0. The average molecular weight is 235 g/mol. The molecule has 0 aromatic rings. The molecule has 5 heteroatoms. The molecule has 0 aromatic heterocycles. The van der Waals surface area contributed by atoms with Crippen LogP contribution in [-0.4, -0.2) is 40.4 Å². The Labute approximate surface area is 93.9 Å². The van der Waals surface area contributed by atoms with Crippen LogP contribution in [0.25, 0.3) is 0 Å². The summed E-state index contributed by atoms with van der Waals surface area (Å²) < 4.78 is 10.7. The van der Waals surface area contributed by atoms with E-state index in [0.29, 0.717) is 0 Å². The van der Waals surface area contributed by atoms with Crippen molar-refractivity contribution in [2.24, 2.45) is 0 Å². The molecule has 2 N–H and O–H groups in total. The van der Waals surface area contributed by atoms with E-state index in [1.165, 1.54) is 0 Å². The Morgan fingerprint density at radius 3 is 2.47 bits per heavy atom. The SMILES string of the molecule is CS(=O)CCCNCCCCCC(=O)O. The Kier molecular flexibility index (Phi) is 9.83. The Balaban J connectivity index is 2.99. The molecule has 0 aliphatic rings. The standard InChI is InChI=1S/C10H21NO3S/c1-15(14)9-5-8-11-7-4-2-3-6-10(12)13/h11H,2-9H2,1H3,(H,12,13). The smallest absolute Gasteiger partial charge is 0.303 e. The monoisotopic (exact) mass is 235 g/mol. The number of unbranched alkanes of at least 4 members (excludes halogenated alkanes) is 2. The molecule has 0 heterocycles. The molecular formula is C10H21NO3S. The fraction of sp³-hybridized carbons (Fsp3) is 0.900. The Morgan fingerprint density at radius 2 is 1.87 bits per heavy atom. The minimum Gasteiger partial charge on any atom is -0.481 e. The lowest BCUT2D eigenvalue weighted by Gasteiger charge is -2.03. The van der Waals surface area contributed by atoms with Gasteiger partial charge in [-0.05, 0) is 32.4 Å². The van der Waals surface area contributed by atoms with E-state index in [2.05, 4.69) is 5.32 Å². The number of rotatable bonds is 10. The zero-order valence-electron chi connectivity index (χ0n) is 9.33. The first-order valence-corrected chi connectivity index (χ1v) is 7.08. The molecule has 0 rings (SSSR count). The van der Waals surface area contributed by atoms with E-state index in [9.17, 15) is 9.00 Å². The van der Waals surface area contributed by atoms with Crippen LogP contribution in [0.1, 0.15) is 32.1 Å². The third kappa shape index (κ3) is 13.6. The van der Waals surface area contributed by atoms with Crippen molar-refractivity contribution < 1.29 is 14.1 Å². The van der Waals surface area contributed by atoms with Gasteiger partial charge in [0.05, 0.1) is 0 Å². The highest BCUT2D eigenvalue weighted by atomic mass is 32.2. The molecule has 15 heavy (non-hydrogen) atoms. The van der Waals surface area contributed by atoms with Gasteiger partial charge in [-0.3, -0.25) is 9.00 Å². The summed E-state index contributed by atoms with van der Waals surface area (Å²) in [6.45, 7) is 1.83. The summed E-state index contributed by atoms with van der Waals surface area (Å²) in [6, 6.07) is 0. The Bertz CT molecular complexity index is 177. The first-order chi connectivity index (χ1) is 7.13. The fourth-order valence-electron chi connectivity index (χ4n) is 1.23. The van der Waals surface area contributed by atoms with Crippen molar-refractivity contribution in [3.05, 3.63) is 0 Å². The van der Waals surface area contributed by atoms with Gasteiger partial charge in [0, 0.05) is 29.2 Å². The highest BCUT2D eigenvalue weighted by molar-refractivity contribution is 7.84. The molecule has 0 bridgehead atoms. The third-order valence-electron chi connectivity index (χ3n) is 2.03. The van der Waals surface area contributed by atoms with Crippen LogP contribution in [0.3, 0.4) is 0 Å². The summed E-state index contributed by atoms with van der Waals surface area (Å²) in [5.74, 6) is 0.0415. The molecule has 0 aromatic carbocycles. The maximum Gasteiger partial charge on any atom is 0.303 e. The predicted octanol–water partition coefficient (Wildman–Crippen LogP) is 0.990. The number of carbonyl (C=O) groups is 1. The van der Waals surface area contributed by atoms with Crippen LogP contribution in [0.15, 0.2) is 0 Å². The van der Waals surface area contributed by atoms with Crippen molar-refractivity contribution >= 4 is 16.8 Å². The van der Waals surface area contributed by atoms with Crippen molar-refractivity contribution in [2.45, 2.75) is 32.1 Å². The summed E-state index contributed by atoms with van der Waals surface area (Å²) in [5.41, 5.74) is 0. The minimum atomic E-state index is -0.714. The van der Waals surface area contributed by atoms with Crippen molar-refractivity contribution in [3.63, 3.8) is 0 Å². The summed E-state index contributed by atoms with van der Waals surface area (Å²) in [7, 11) is -0.686. The highest BCUT2D eigenvalue weighted by Crippen LogP contribution is 1.98. The average Bonchev–Trinajstić information content (AvgIpc) is 2.14. The lowest BCUT2D eigenvalue weighted by Crippen LogP contribution is -2.18. The van der Waals surface area contributed by atoms with Crippen molar-refractivity contribution in [3.8, 4) is 0 Å². The van der Waals surface area contributed by atoms with Gasteiger partial charge in [0.25, 0.3) is 0 Å². The number of nitrogens with one attached hydrogen (secondary N) is 1. The van der Waals surface area contributed by atoms with Crippen LogP contribution in [0.4, 0.5) is 0 Å². The lowest BCUT2D eigenvalue weighted by atomic mass is 10.2. The van der Waals surface area contributed by atoms with E-state index < -0.39 is 16.8 Å². The van der Waals surface area contributed by atoms with Crippen LogP contribution in [-0.2, 0) is 15.6 Å². The summed E-state index contributed by atoms with van der Waals surface area (Å²) in [4.78, 5) is 10.2. The molecule has 0 aliphatic heterocycles. The van der Waals surface area contributed by atoms with Crippen LogP contribution in [0.2, 0.25) is 0 Å². The number of carboxylic acid groups (broad SMARTS) is 1. The van der Waals surface area contributed by atoms with E-state index in [1.54, 1.807) is 6.26 Å². The van der Waals surface area contributed by atoms with Gasteiger partial charge in [-0.2, -0.15) is 0 Å². The fourth-order valence-corrected chi connectivity index (χ4v) is 1.78. The predicted molar refractivity (Wildman–Crippen MR) is 62.5 cm³/mol. The van der Waals surface area contributed by atoms with Crippen LogP contribution < -0.4 is 5.32 Å². The van der Waals surface area contributed by atoms with Crippen LogP contribution in [0, 0.1) is 0 Å². The largest absolute Gasteiger partial charge is 0.481 e. The van der Waals surface area contributed by atoms with Crippen LogP contribution in [0.5, 0.6) is 0 Å². The van der Waals surface area contributed by atoms with Crippen molar-refractivity contribution in [1.29, 1.82) is 0 Å². The molecule has 0 saturated carbocycles. The van der Waals surface area contributed by atoms with E-state index in [1.807, 2.05) is 0 Å². The molecule has 0 radical (unpaired) electrons. The first kappa shape index (κ1) is 14.6. The van der Waals surface area contributed by atoms with Gasteiger partial charge in [-0.15, -0.1) is 0 Å². The quantitative estimate of drug-likeness (QED) is 0.554. The van der Waals surface area contributed by atoms with Gasteiger partial charge in [-0.25, -0.2) is 0 Å². The van der Waals surface area contributed by atoms with Gasteiger partial charge < -0.3 is 10.4 Å². The van der Waals surface area contributed by atoms with Crippen molar-refractivity contribution in [2.75, 3.05) is 25.1 Å². The van der Waals surface area contributed by atoms with E-state index in [-0.39, 0.29) is 6.42 Å². The number of hydrogen-bond donors (Lipinski definition) is 2. The maximum absolute atomic E-state index is 10.7. The molecule has 0 amide bonds. The molecule has 0 spiro atoms. The van der Waals surface area contributed by atoms with Gasteiger partial charge in [-0.1, -0.05) is 6.42 Å². The molecule has 0 aliphatic carbocycles. The van der Waals surface area contributed by atoms with E-state index in [0.717, 1.165) is 44.5 Å². The summed E-state index contributed by atoms with van der Waals surface area (Å²) in [5, 5.41) is 11.6. The maximum atomic E-state index is 10.7. The second kappa shape index (κ2) is 10.1. The van der Waals surface area contributed by atoms with Crippen molar-refractivity contribution in [1.82, 2.24) is 5.32 Å². The number of hydrogen-bond acceptors (Lipinski definition) is 3.